The molecule has 0 saturated carbocycles. The third-order valence-corrected chi connectivity index (χ3v) is 3.16. The molecule has 0 spiro atoms. The van der Waals surface area contributed by atoms with Gasteiger partial charge in [0.1, 0.15) is 0 Å². The first-order valence-electron chi connectivity index (χ1n) is 3.70. The van der Waals surface area contributed by atoms with Crippen molar-refractivity contribution in [2.24, 2.45) is 0 Å². The number of nitrogens with zero attached hydrogens (tertiary/aromatic N) is 1. The first kappa shape index (κ1) is 8.87. The molecule has 1 aliphatic heterocycles. The topological polar surface area (TPSA) is 40.5 Å². The van der Waals surface area contributed by atoms with Gasteiger partial charge in [0.05, 0.1) is 6.42 Å². The molecule has 11 heavy (non-hydrogen) atoms. The van der Waals surface area contributed by atoms with E-state index in [0.717, 1.165) is 11.5 Å². The van der Waals surface area contributed by atoms with Crippen LogP contribution in [0.3, 0.4) is 0 Å². The minimum atomic E-state index is -0.705. The second-order valence-electron chi connectivity index (χ2n) is 2.82. The van der Waals surface area contributed by atoms with Crippen LogP contribution in [0.25, 0.3) is 0 Å². The number of thioether (sulfide) groups is 1. The number of aliphatic carboxylic acids is 1. The zero-order valence-electron chi connectivity index (χ0n) is 6.62. The molecule has 3 nitrogen and oxygen atoms in total. The average Bonchev–Trinajstić information content (AvgIpc) is 1.79. The maximum atomic E-state index is 10.2. The van der Waals surface area contributed by atoms with Crippen molar-refractivity contribution in [1.29, 1.82) is 0 Å². The third-order valence-electron chi connectivity index (χ3n) is 1.92. The van der Waals surface area contributed by atoms with E-state index >= 15 is 0 Å². The van der Waals surface area contributed by atoms with E-state index in [1.807, 2.05) is 18.8 Å². The van der Waals surface area contributed by atoms with Crippen LogP contribution in [-0.2, 0) is 4.79 Å². The molecular formula is C7H13NO2S. The Kier molecular flexibility index (Phi) is 3.20. The van der Waals surface area contributed by atoms with Crippen molar-refractivity contribution in [3.63, 3.8) is 0 Å². The van der Waals surface area contributed by atoms with Gasteiger partial charge in [0.25, 0.3) is 0 Å². The zero-order valence-corrected chi connectivity index (χ0v) is 7.43. The molecule has 1 N–H and O–H groups in total. The van der Waals surface area contributed by atoms with Gasteiger partial charge < -0.3 is 10.0 Å². The van der Waals surface area contributed by atoms with E-state index in [9.17, 15) is 4.79 Å². The molecular weight excluding hydrogens is 162 g/mol. The van der Waals surface area contributed by atoms with E-state index in [1.54, 1.807) is 0 Å². The lowest BCUT2D eigenvalue weighted by Crippen LogP contribution is -2.42. The fourth-order valence-electron chi connectivity index (χ4n) is 0.932. The maximum Gasteiger partial charge on any atom is 0.304 e. The van der Waals surface area contributed by atoms with E-state index in [4.69, 9.17) is 5.11 Å². The van der Waals surface area contributed by atoms with Crippen molar-refractivity contribution < 1.29 is 9.90 Å². The molecule has 0 aliphatic carbocycles. The summed E-state index contributed by atoms with van der Waals surface area (Å²) in [6.07, 6.45) is 0.262. The first-order chi connectivity index (χ1) is 5.20. The monoisotopic (exact) mass is 175 g/mol. The summed E-state index contributed by atoms with van der Waals surface area (Å²) in [7, 11) is 1.99. The zero-order chi connectivity index (χ0) is 8.27. The quantitative estimate of drug-likeness (QED) is 0.676. The molecule has 1 rings (SSSR count). The molecule has 0 amide bonds. The summed E-state index contributed by atoms with van der Waals surface area (Å²) < 4.78 is 0. The van der Waals surface area contributed by atoms with Gasteiger partial charge >= 0.3 is 5.97 Å². The van der Waals surface area contributed by atoms with Gasteiger partial charge in [-0.1, -0.05) is 0 Å². The summed E-state index contributed by atoms with van der Waals surface area (Å²) in [4.78, 5) is 12.3. The van der Waals surface area contributed by atoms with Gasteiger partial charge in [-0.2, -0.15) is 11.8 Å². The Hall–Kier alpha value is -0.220. The lowest BCUT2D eigenvalue weighted by atomic mass is 10.3. The summed E-state index contributed by atoms with van der Waals surface area (Å²) in [5.41, 5.74) is 0. The van der Waals surface area contributed by atoms with Gasteiger partial charge in [-0.05, 0) is 7.05 Å². The third kappa shape index (κ3) is 2.71. The SMILES string of the molecule is CN(CCC(=O)O)C1CSC1. The van der Waals surface area contributed by atoms with Crippen LogP contribution in [0.15, 0.2) is 0 Å². The Balaban J connectivity index is 2.09. The van der Waals surface area contributed by atoms with Crippen LogP contribution in [0.4, 0.5) is 0 Å². The fraction of sp³-hybridized carbons (Fsp3) is 0.857. The Labute approximate surface area is 70.8 Å². The van der Waals surface area contributed by atoms with Crippen LogP contribution in [0.5, 0.6) is 0 Å². The van der Waals surface area contributed by atoms with Gasteiger partial charge in [-0.15, -0.1) is 0 Å². The van der Waals surface area contributed by atoms with Gasteiger partial charge in [0, 0.05) is 24.1 Å². The summed E-state index contributed by atoms with van der Waals surface area (Å²) in [5.74, 6) is 1.62. The minimum Gasteiger partial charge on any atom is -0.481 e. The van der Waals surface area contributed by atoms with Gasteiger partial charge in [-0.25, -0.2) is 0 Å². The molecule has 0 bridgehead atoms. The van der Waals surface area contributed by atoms with E-state index in [1.165, 1.54) is 0 Å². The van der Waals surface area contributed by atoms with Crippen LogP contribution < -0.4 is 0 Å². The summed E-state index contributed by atoms with van der Waals surface area (Å²) in [5, 5.41) is 8.40. The highest BCUT2D eigenvalue weighted by atomic mass is 32.2. The summed E-state index contributed by atoms with van der Waals surface area (Å²) in [6, 6.07) is 0.624. The number of carboxylic acids is 1. The molecule has 1 fully saturated rings. The molecule has 1 heterocycles. The van der Waals surface area contributed by atoms with Crippen LogP contribution in [-0.4, -0.2) is 47.1 Å². The van der Waals surface area contributed by atoms with Crippen molar-refractivity contribution in [1.82, 2.24) is 4.90 Å². The van der Waals surface area contributed by atoms with Crippen molar-refractivity contribution in [3.8, 4) is 0 Å². The van der Waals surface area contributed by atoms with Crippen LogP contribution in [0.1, 0.15) is 6.42 Å². The van der Waals surface area contributed by atoms with Gasteiger partial charge in [0.15, 0.2) is 0 Å². The summed E-state index contributed by atoms with van der Waals surface area (Å²) in [6.45, 7) is 0.681. The number of carbonyl (C=O) groups is 1. The molecule has 4 heteroatoms. The molecule has 0 aromatic rings. The highest BCUT2D eigenvalue weighted by molar-refractivity contribution is 8.00. The predicted molar refractivity (Wildman–Crippen MR) is 46.0 cm³/mol. The normalized spacial score (nSPS) is 18.4. The Bertz CT molecular complexity index is 147. The summed E-state index contributed by atoms with van der Waals surface area (Å²) >= 11 is 1.92. The fourth-order valence-corrected chi connectivity index (χ4v) is 1.89. The Morgan fingerprint density at radius 2 is 2.36 bits per heavy atom. The molecule has 0 unspecified atom stereocenters. The number of hydrogen-bond acceptors (Lipinski definition) is 3. The van der Waals surface area contributed by atoms with E-state index < -0.39 is 5.97 Å². The second-order valence-corrected chi connectivity index (χ2v) is 3.89. The van der Waals surface area contributed by atoms with E-state index in [2.05, 4.69) is 4.90 Å². The highest BCUT2D eigenvalue weighted by Gasteiger charge is 2.22. The average molecular weight is 175 g/mol. The van der Waals surface area contributed by atoms with Crippen molar-refractivity contribution in [2.75, 3.05) is 25.1 Å². The molecule has 0 aromatic heterocycles. The van der Waals surface area contributed by atoms with Crippen LogP contribution in [0.2, 0.25) is 0 Å². The smallest absolute Gasteiger partial charge is 0.304 e. The maximum absolute atomic E-state index is 10.2. The highest BCUT2D eigenvalue weighted by Crippen LogP contribution is 2.21. The largest absolute Gasteiger partial charge is 0.481 e. The molecule has 0 radical (unpaired) electrons. The number of rotatable bonds is 4. The van der Waals surface area contributed by atoms with Crippen molar-refractivity contribution in [3.05, 3.63) is 0 Å². The Morgan fingerprint density at radius 1 is 1.73 bits per heavy atom. The number of carboxylic acid groups (broad SMARTS) is 1. The van der Waals surface area contributed by atoms with E-state index in [0.29, 0.717) is 12.6 Å². The standard InChI is InChI=1S/C7H13NO2S/c1-8(3-2-7(9)10)6-4-11-5-6/h6H,2-5H2,1H3,(H,9,10). The predicted octanol–water partition coefficient (Wildman–Crippen LogP) is 0.508. The van der Waals surface area contributed by atoms with E-state index in [-0.39, 0.29) is 6.42 Å². The molecule has 64 valence electrons. The van der Waals surface area contributed by atoms with Crippen molar-refractivity contribution in [2.45, 2.75) is 12.5 Å². The molecule has 0 aromatic carbocycles. The van der Waals surface area contributed by atoms with Gasteiger partial charge in [-0.3, -0.25) is 4.79 Å². The molecule has 1 aliphatic rings. The molecule has 0 atom stereocenters. The Morgan fingerprint density at radius 3 is 2.73 bits per heavy atom. The minimum absolute atomic E-state index is 0.262. The second kappa shape index (κ2) is 3.97. The lowest BCUT2D eigenvalue weighted by molar-refractivity contribution is -0.137. The van der Waals surface area contributed by atoms with Crippen LogP contribution in [0, 0.1) is 0 Å². The van der Waals surface area contributed by atoms with Crippen molar-refractivity contribution >= 4 is 17.7 Å². The first-order valence-corrected chi connectivity index (χ1v) is 4.85. The lowest BCUT2D eigenvalue weighted by Gasteiger charge is -2.33. The number of hydrogen-bond donors (Lipinski definition) is 1. The van der Waals surface area contributed by atoms with Crippen LogP contribution >= 0.6 is 11.8 Å². The van der Waals surface area contributed by atoms with Gasteiger partial charge in [0.2, 0.25) is 0 Å². The molecule has 1 saturated heterocycles.